The molecule has 1 aliphatic rings. The van der Waals surface area contributed by atoms with E-state index in [0.717, 1.165) is 19.6 Å². The lowest BCUT2D eigenvalue weighted by atomic mass is 10.1. The summed E-state index contributed by atoms with van der Waals surface area (Å²) < 4.78 is 5.22. The van der Waals surface area contributed by atoms with Crippen LogP contribution in [0.2, 0.25) is 0 Å². The van der Waals surface area contributed by atoms with Crippen LogP contribution < -0.4 is 10.6 Å². The van der Waals surface area contributed by atoms with Crippen LogP contribution in [0.3, 0.4) is 0 Å². The molecule has 134 valence electrons. The molecule has 2 heterocycles. The summed E-state index contributed by atoms with van der Waals surface area (Å²) in [5, 5.41) is 9.92. The van der Waals surface area contributed by atoms with Gasteiger partial charge in [-0.15, -0.1) is 0 Å². The Morgan fingerprint density at radius 1 is 1.32 bits per heavy atom. The molecule has 2 N–H and O–H groups in total. The highest BCUT2D eigenvalue weighted by Gasteiger charge is 2.31. The van der Waals surface area contributed by atoms with E-state index in [9.17, 15) is 4.79 Å². The summed E-state index contributed by atoms with van der Waals surface area (Å²) in [6, 6.07) is 10.4. The van der Waals surface area contributed by atoms with Gasteiger partial charge in [-0.1, -0.05) is 49.3 Å². The van der Waals surface area contributed by atoms with Crippen molar-refractivity contribution in [2.45, 2.75) is 39.8 Å². The molecule has 2 amide bonds. The number of nitrogens with one attached hydrogen (secondary N) is 2. The largest absolute Gasteiger partial charge is 0.359 e. The van der Waals surface area contributed by atoms with E-state index in [1.165, 1.54) is 5.56 Å². The van der Waals surface area contributed by atoms with E-state index in [4.69, 9.17) is 4.52 Å². The van der Waals surface area contributed by atoms with Crippen molar-refractivity contribution in [1.82, 2.24) is 15.4 Å². The number of hydrogen-bond donors (Lipinski definition) is 2. The van der Waals surface area contributed by atoms with E-state index in [0.29, 0.717) is 29.5 Å². The average Bonchev–Trinajstić information content (AvgIpc) is 3.11. The standard InChI is InChI=1S/C19H26N4O2/c1-4-17-18(14(3)22-25-17)21-19(24)20-16-12-23(10-13(16)2)11-15-8-6-5-7-9-15/h5-9,13,16H,4,10-12H2,1-3H3,(H2,20,21,24)/t13-,16+/m0/s1. The first-order chi connectivity index (χ1) is 12.1. The van der Waals surface area contributed by atoms with Crippen LogP contribution in [0.5, 0.6) is 0 Å². The van der Waals surface area contributed by atoms with Crippen molar-refractivity contribution in [3.8, 4) is 0 Å². The van der Waals surface area contributed by atoms with Crippen molar-refractivity contribution in [1.29, 1.82) is 0 Å². The molecule has 0 aliphatic carbocycles. The van der Waals surface area contributed by atoms with E-state index in [1.54, 1.807) is 0 Å². The second-order valence-electron chi connectivity index (χ2n) is 6.78. The Bertz CT molecular complexity index is 713. The third kappa shape index (κ3) is 4.20. The predicted octanol–water partition coefficient (Wildman–Crippen LogP) is 3.19. The van der Waals surface area contributed by atoms with Gasteiger partial charge in [0.25, 0.3) is 0 Å². The number of aromatic nitrogens is 1. The molecule has 0 unspecified atom stereocenters. The highest BCUT2D eigenvalue weighted by molar-refractivity contribution is 5.90. The maximum atomic E-state index is 12.4. The van der Waals surface area contributed by atoms with E-state index in [2.05, 4.69) is 51.9 Å². The zero-order valence-corrected chi connectivity index (χ0v) is 15.1. The number of carbonyl (C=O) groups is 1. The molecule has 6 heteroatoms. The summed E-state index contributed by atoms with van der Waals surface area (Å²) in [5.74, 6) is 1.11. The number of benzene rings is 1. The topological polar surface area (TPSA) is 70.4 Å². The summed E-state index contributed by atoms with van der Waals surface area (Å²) in [4.78, 5) is 14.8. The first kappa shape index (κ1) is 17.5. The molecule has 1 saturated heterocycles. The van der Waals surface area contributed by atoms with Crippen LogP contribution in [0.15, 0.2) is 34.9 Å². The smallest absolute Gasteiger partial charge is 0.319 e. The minimum Gasteiger partial charge on any atom is -0.359 e. The Kier molecular flexibility index (Phi) is 5.38. The molecule has 0 radical (unpaired) electrons. The lowest BCUT2D eigenvalue weighted by Gasteiger charge is -2.18. The molecular formula is C19H26N4O2. The molecule has 1 aromatic heterocycles. The summed E-state index contributed by atoms with van der Waals surface area (Å²) in [7, 11) is 0. The molecule has 6 nitrogen and oxygen atoms in total. The van der Waals surface area contributed by atoms with Crippen molar-refractivity contribution in [3.63, 3.8) is 0 Å². The third-order valence-electron chi connectivity index (χ3n) is 4.75. The van der Waals surface area contributed by atoms with Crippen LogP contribution in [0.25, 0.3) is 0 Å². The van der Waals surface area contributed by atoms with Crippen molar-refractivity contribution < 1.29 is 9.32 Å². The van der Waals surface area contributed by atoms with Gasteiger partial charge in [0.1, 0.15) is 11.4 Å². The zero-order valence-electron chi connectivity index (χ0n) is 15.1. The van der Waals surface area contributed by atoms with Gasteiger partial charge in [0.15, 0.2) is 5.76 Å². The summed E-state index contributed by atoms with van der Waals surface area (Å²) in [6.45, 7) is 8.73. The fraction of sp³-hybridized carbons (Fsp3) is 0.474. The monoisotopic (exact) mass is 342 g/mol. The molecule has 0 saturated carbocycles. The van der Waals surface area contributed by atoms with E-state index >= 15 is 0 Å². The van der Waals surface area contributed by atoms with Crippen molar-refractivity contribution in [2.75, 3.05) is 18.4 Å². The molecule has 2 atom stereocenters. The number of anilines is 1. The second kappa shape index (κ2) is 7.70. The van der Waals surface area contributed by atoms with Gasteiger partial charge in [-0.05, 0) is 18.4 Å². The number of urea groups is 1. The van der Waals surface area contributed by atoms with Crippen LogP contribution in [0.4, 0.5) is 10.5 Å². The molecule has 1 fully saturated rings. The van der Waals surface area contributed by atoms with Gasteiger partial charge in [-0.25, -0.2) is 4.79 Å². The molecule has 0 spiro atoms. The quantitative estimate of drug-likeness (QED) is 0.875. The first-order valence-electron chi connectivity index (χ1n) is 8.85. The van der Waals surface area contributed by atoms with Gasteiger partial charge in [0.05, 0.1) is 0 Å². The van der Waals surface area contributed by atoms with Crippen LogP contribution >= 0.6 is 0 Å². The Balaban J connectivity index is 1.55. The Hall–Kier alpha value is -2.34. The number of hydrogen-bond acceptors (Lipinski definition) is 4. The highest BCUT2D eigenvalue weighted by atomic mass is 16.5. The van der Waals surface area contributed by atoms with Gasteiger partial charge < -0.3 is 15.2 Å². The fourth-order valence-electron chi connectivity index (χ4n) is 3.36. The maximum absolute atomic E-state index is 12.4. The molecular weight excluding hydrogens is 316 g/mol. The van der Waals surface area contributed by atoms with E-state index in [1.807, 2.05) is 19.9 Å². The number of rotatable bonds is 5. The fourth-order valence-corrected chi connectivity index (χ4v) is 3.36. The molecule has 2 aromatic rings. The van der Waals surface area contributed by atoms with Crippen molar-refractivity contribution >= 4 is 11.7 Å². The first-order valence-corrected chi connectivity index (χ1v) is 8.85. The van der Waals surface area contributed by atoms with E-state index in [-0.39, 0.29) is 12.1 Å². The number of aryl methyl sites for hydroxylation is 2. The Morgan fingerprint density at radius 3 is 2.80 bits per heavy atom. The van der Waals surface area contributed by atoms with Gasteiger partial charge in [-0.2, -0.15) is 0 Å². The van der Waals surface area contributed by atoms with Crippen LogP contribution in [-0.4, -0.2) is 35.2 Å². The second-order valence-corrected chi connectivity index (χ2v) is 6.78. The summed E-state index contributed by atoms with van der Waals surface area (Å²) in [6.07, 6.45) is 0.696. The lowest BCUT2D eigenvalue weighted by Crippen LogP contribution is -2.42. The van der Waals surface area contributed by atoms with Gasteiger partial charge in [-0.3, -0.25) is 4.90 Å². The number of nitrogens with zero attached hydrogens (tertiary/aromatic N) is 2. The average molecular weight is 342 g/mol. The molecule has 3 rings (SSSR count). The SMILES string of the molecule is CCc1onc(C)c1NC(=O)N[C@@H]1CN(Cc2ccccc2)C[C@@H]1C. The van der Waals surface area contributed by atoms with Gasteiger partial charge in [0, 0.05) is 32.1 Å². The number of carbonyl (C=O) groups excluding carboxylic acids is 1. The lowest BCUT2D eigenvalue weighted by molar-refractivity contribution is 0.246. The van der Waals surface area contributed by atoms with Crippen LogP contribution in [0, 0.1) is 12.8 Å². The zero-order chi connectivity index (χ0) is 17.8. The van der Waals surface area contributed by atoms with Crippen LogP contribution in [-0.2, 0) is 13.0 Å². The third-order valence-corrected chi connectivity index (χ3v) is 4.75. The molecule has 1 aliphatic heterocycles. The van der Waals surface area contributed by atoms with Gasteiger partial charge >= 0.3 is 6.03 Å². The van der Waals surface area contributed by atoms with Gasteiger partial charge in [0.2, 0.25) is 0 Å². The van der Waals surface area contributed by atoms with Crippen LogP contribution in [0.1, 0.15) is 30.9 Å². The highest BCUT2D eigenvalue weighted by Crippen LogP contribution is 2.22. The Morgan fingerprint density at radius 2 is 2.08 bits per heavy atom. The number of likely N-dealkylation sites (tertiary alicyclic amines) is 1. The molecule has 0 bridgehead atoms. The molecule has 1 aromatic carbocycles. The molecule has 25 heavy (non-hydrogen) atoms. The van der Waals surface area contributed by atoms with E-state index < -0.39 is 0 Å². The number of amides is 2. The Labute approximate surface area is 148 Å². The maximum Gasteiger partial charge on any atom is 0.319 e. The summed E-state index contributed by atoms with van der Waals surface area (Å²) in [5.41, 5.74) is 2.69. The minimum absolute atomic E-state index is 0.133. The predicted molar refractivity (Wildman–Crippen MR) is 97.4 cm³/mol. The normalized spacial score (nSPS) is 20.6. The van der Waals surface area contributed by atoms with Crippen molar-refractivity contribution in [3.05, 3.63) is 47.3 Å². The summed E-state index contributed by atoms with van der Waals surface area (Å²) >= 11 is 0. The van der Waals surface area contributed by atoms with Crippen molar-refractivity contribution in [2.24, 2.45) is 5.92 Å². The minimum atomic E-state index is -0.195.